The summed E-state index contributed by atoms with van der Waals surface area (Å²) in [6.07, 6.45) is 0. The van der Waals surface area contributed by atoms with Crippen LogP contribution in [0, 0.1) is 34.6 Å². The Hall–Kier alpha value is -7.62. The third kappa shape index (κ3) is 5.39. The van der Waals surface area contributed by atoms with Crippen molar-refractivity contribution in [3.05, 3.63) is 207 Å². The quantitative estimate of drug-likeness (QED) is 0.176. The number of rotatable bonds is 4. The predicted molar refractivity (Wildman–Crippen MR) is 297 cm³/mol. The number of benzene rings is 9. The molecule has 0 amide bonds. The van der Waals surface area contributed by atoms with E-state index < -0.39 is 0 Å². The number of furan rings is 2. The summed E-state index contributed by atoms with van der Waals surface area (Å²) in [5.74, 6) is 0. The van der Waals surface area contributed by atoms with Gasteiger partial charge in [-0.15, -0.1) is 0 Å². The maximum atomic E-state index is 7.00. The minimum absolute atomic E-state index is 0.225. The number of anilines is 3. The van der Waals surface area contributed by atoms with Crippen molar-refractivity contribution in [2.45, 2.75) is 92.4 Å². The summed E-state index contributed by atoms with van der Waals surface area (Å²) in [5.41, 5.74) is 31.1. The largest absolute Gasteiger partial charge is 0.455 e. The van der Waals surface area contributed by atoms with Crippen LogP contribution < -0.4 is 4.90 Å². The van der Waals surface area contributed by atoms with Crippen LogP contribution in [0.4, 0.5) is 17.1 Å². The molecule has 3 aliphatic rings. The molecule has 0 N–H and O–H groups in total. The number of hydrogen-bond acceptors (Lipinski definition) is 3. The van der Waals surface area contributed by atoms with Crippen molar-refractivity contribution in [1.82, 2.24) is 0 Å². The number of para-hydroxylation sites is 3. The zero-order chi connectivity index (χ0) is 48.8. The van der Waals surface area contributed by atoms with E-state index in [1.54, 1.807) is 0 Å². The van der Waals surface area contributed by atoms with E-state index in [1.807, 2.05) is 0 Å². The van der Waals surface area contributed by atoms with E-state index in [2.05, 4.69) is 227 Å². The van der Waals surface area contributed by atoms with Gasteiger partial charge in [0.15, 0.2) is 0 Å². The Balaban J connectivity index is 1.000. The first kappa shape index (κ1) is 42.3. The third-order valence-corrected chi connectivity index (χ3v) is 17.3. The van der Waals surface area contributed by atoms with Gasteiger partial charge >= 0.3 is 0 Å². The van der Waals surface area contributed by atoms with E-state index in [1.165, 1.54) is 128 Å². The summed E-state index contributed by atoms with van der Waals surface area (Å²) in [5, 5.41) is 4.76. The van der Waals surface area contributed by atoms with Gasteiger partial charge in [0.05, 0.1) is 5.69 Å². The topological polar surface area (TPSA) is 29.5 Å². The molecular weight excluding hydrogens is 863 g/mol. The highest BCUT2D eigenvalue weighted by Gasteiger charge is 2.49. The second-order valence-corrected chi connectivity index (χ2v) is 22.7. The molecule has 3 aliphatic carbocycles. The van der Waals surface area contributed by atoms with E-state index >= 15 is 0 Å². The third-order valence-electron chi connectivity index (χ3n) is 17.3. The van der Waals surface area contributed by atoms with E-state index in [0.29, 0.717) is 0 Å². The first-order valence-electron chi connectivity index (χ1n) is 25.4. The predicted octanol–water partition coefficient (Wildman–Crippen LogP) is 19.1. The highest BCUT2D eigenvalue weighted by molar-refractivity contribution is 6.21. The second-order valence-electron chi connectivity index (χ2n) is 22.7. The molecular formula is C68H57NO2. The van der Waals surface area contributed by atoms with Crippen LogP contribution in [0.15, 0.2) is 154 Å². The van der Waals surface area contributed by atoms with Gasteiger partial charge in [-0.3, -0.25) is 0 Å². The Bertz CT molecular complexity index is 4160. The molecule has 0 unspecified atom stereocenters. The van der Waals surface area contributed by atoms with Gasteiger partial charge in [-0.1, -0.05) is 150 Å². The molecule has 11 aromatic rings. The average molecular weight is 920 g/mol. The molecule has 14 rings (SSSR count). The summed E-state index contributed by atoms with van der Waals surface area (Å²) in [7, 11) is 0. The molecule has 0 saturated heterocycles. The first-order chi connectivity index (χ1) is 34.1. The zero-order valence-electron chi connectivity index (χ0n) is 42.6. The molecule has 0 fully saturated rings. The van der Waals surface area contributed by atoms with Crippen molar-refractivity contribution in [3.8, 4) is 44.5 Å². The molecule has 2 aromatic heterocycles. The van der Waals surface area contributed by atoms with E-state index in [4.69, 9.17) is 8.83 Å². The van der Waals surface area contributed by atoms with Crippen LogP contribution in [-0.2, 0) is 16.2 Å². The molecule has 0 bridgehead atoms. The molecule has 71 heavy (non-hydrogen) atoms. The molecule has 3 nitrogen and oxygen atoms in total. The van der Waals surface area contributed by atoms with Gasteiger partial charge in [-0.2, -0.15) is 0 Å². The normalized spacial score (nSPS) is 15.3. The molecule has 0 radical (unpaired) electrons. The van der Waals surface area contributed by atoms with Gasteiger partial charge in [0.25, 0.3) is 0 Å². The summed E-state index contributed by atoms with van der Waals surface area (Å²) in [4.78, 5) is 2.55. The summed E-state index contributed by atoms with van der Waals surface area (Å²) < 4.78 is 14.0. The summed E-state index contributed by atoms with van der Waals surface area (Å²) >= 11 is 0. The number of hydrogen-bond donors (Lipinski definition) is 0. The highest BCUT2D eigenvalue weighted by Crippen LogP contribution is 2.64. The maximum absolute atomic E-state index is 7.00. The second kappa shape index (κ2) is 14.0. The van der Waals surface area contributed by atoms with Gasteiger partial charge in [-0.05, 0) is 166 Å². The molecule has 9 aromatic carbocycles. The number of nitrogens with zero attached hydrogens (tertiary/aromatic N) is 1. The fourth-order valence-electron chi connectivity index (χ4n) is 14.2. The smallest absolute Gasteiger partial charge is 0.144 e. The van der Waals surface area contributed by atoms with Crippen molar-refractivity contribution in [3.63, 3.8) is 0 Å². The minimum atomic E-state index is -0.324. The van der Waals surface area contributed by atoms with Crippen LogP contribution in [-0.4, -0.2) is 0 Å². The van der Waals surface area contributed by atoms with E-state index in [-0.39, 0.29) is 16.2 Å². The van der Waals surface area contributed by atoms with E-state index in [9.17, 15) is 0 Å². The highest BCUT2D eigenvalue weighted by atomic mass is 16.3. The van der Waals surface area contributed by atoms with Gasteiger partial charge in [0, 0.05) is 60.3 Å². The van der Waals surface area contributed by atoms with Crippen LogP contribution in [0.25, 0.3) is 88.4 Å². The standard InChI is InChI=1S/C68H57NO2/c1-36-31-39(4)55(40(5)32-36)48-35-52-56(58-46-22-13-16-25-53(46)70-64(48)58)44-29-27-41(33-50(44)66(52,6)7)69(63-37(2)19-18-20-38(63)3)42-28-30-45-51(34-42)68(10,11)61-57(45)59-47-23-14-17-26-54(47)71-65(59)60-43-21-12-15-24-49(43)67(8,9)62(60)61/h12-35H,1-11H3. The lowest BCUT2D eigenvalue weighted by atomic mass is 9.72. The molecule has 0 atom stereocenters. The van der Waals surface area contributed by atoms with Crippen LogP contribution in [0.5, 0.6) is 0 Å². The molecule has 0 spiro atoms. The van der Waals surface area contributed by atoms with E-state index in [0.717, 1.165) is 39.1 Å². The summed E-state index contributed by atoms with van der Waals surface area (Å²) in [6.45, 7) is 25.8. The fourth-order valence-corrected chi connectivity index (χ4v) is 14.2. The minimum Gasteiger partial charge on any atom is -0.455 e. The van der Waals surface area contributed by atoms with Gasteiger partial charge < -0.3 is 13.7 Å². The Morgan fingerprint density at radius 1 is 0.366 bits per heavy atom. The Labute approximate surface area is 416 Å². The van der Waals surface area contributed by atoms with Gasteiger partial charge in [0.1, 0.15) is 22.3 Å². The molecule has 0 saturated carbocycles. The van der Waals surface area contributed by atoms with Crippen molar-refractivity contribution in [2.75, 3.05) is 4.90 Å². The monoisotopic (exact) mass is 919 g/mol. The molecule has 0 aliphatic heterocycles. The lowest BCUT2D eigenvalue weighted by Gasteiger charge is -2.32. The van der Waals surface area contributed by atoms with Crippen LogP contribution >= 0.6 is 0 Å². The number of aryl methyl sites for hydroxylation is 5. The van der Waals surface area contributed by atoms with Crippen LogP contribution in [0.1, 0.15) is 103 Å². The van der Waals surface area contributed by atoms with Gasteiger partial charge in [-0.25, -0.2) is 0 Å². The lowest BCUT2D eigenvalue weighted by molar-refractivity contribution is 0.600. The van der Waals surface area contributed by atoms with Gasteiger partial charge in [0.2, 0.25) is 0 Å². The van der Waals surface area contributed by atoms with Crippen molar-refractivity contribution in [1.29, 1.82) is 0 Å². The van der Waals surface area contributed by atoms with Crippen LogP contribution in [0.3, 0.4) is 0 Å². The maximum Gasteiger partial charge on any atom is 0.144 e. The Morgan fingerprint density at radius 2 is 0.873 bits per heavy atom. The molecule has 2 heterocycles. The number of fused-ring (bicyclic) bond motifs is 19. The van der Waals surface area contributed by atoms with Crippen molar-refractivity contribution >= 4 is 60.9 Å². The SMILES string of the molecule is Cc1cc(C)c(-c2cc3c(c4c2oc2ccccc24)-c2ccc(N(c4ccc5c(c4)C(C)(C)c4c6c(c7oc8ccccc8c7c4-5)-c4ccccc4C6(C)C)c4c(C)cccc4C)cc2C3(C)C)c(C)c1. The van der Waals surface area contributed by atoms with Crippen molar-refractivity contribution in [2.24, 2.45) is 0 Å². The fraction of sp³-hybridized carbons (Fsp3) is 0.206. The lowest BCUT2D eigenvalue weighted by Crippen LogP contribution is -2.24. The molecule has 3 heteroatoms. The van der Waals surface area contributed by atoms with Crippen LogP contribution in [0.2, 0.25) is 0 Å². The average Bonchev–Trinajstić information content (AvgIpc) is 4.10. The zero-order valence-corrected chi connectivity index (χ0v) is 42.6. The Kier molecular flexibility index (Phi) is 8.36. The summed E-state index contributed by atoms with van der Waals surface area (Å²) in [6, 6.07) is 54.6. The Morgan fingerprint density at radius 3 is 1.52 bits per heavy atom. The molecule has 346 valence electrons. The first-order valence-corrected chi connectivity index (χ1v) is 25.4. The van der Waals surface area contributed by atoms with Crippen molar-refractivity contribution < 1.29 is 8.83 Å².